The Morgan fingerprint density at radius 1 is 1.21 bits per heavy atom. The van der Waals surface area contributed by atoms with E-state index in [2.05, 4.69) is 19.2 Å². The van der Waals surface area contributed by atoms with Crippen LogP contribution in [-0.2, 0) is 9.47 Å². The van der Waals surface area contributed by atoms with Gasteiger partial charge in [-0.1, -0.05) is 13.8 Å². The lowest BCUT2D eigenvalue weighted by molar-refractivity contribution is -0.116. The highest BCUT2D eigenvalue weighted by molar-refractivity contribution is 4.94. The van der Waals surface area contributed by atoms with Crippen molar-refractivity contribution in [3.05, 3.63) is 0 Å². The fraction of sp³-hybridized carbons (Fsp3) is 1.00. The summed E-state index contributed by atoms with van der Waals surface area (Å²) in [4.78, 5) is 0. The Bertz CT molecular complexity index is 306. The average molecular weight is 267 g/mol. The van der Waals surface area contributed by atoms with Crippen LogP contribution in [-0.4, -0.2) is 38.0 Å². The summed E-state index contributed by atoms with van der Waals surface area (Å²) in [5, 5.41) is 3.66. The summed E-state index contributed by atoms with van der Waals surface area (Å²) in [6, 6.07) is 0.833. The molecule has 0 bridgehead atoms. The Kier molecular flexibility index (Phi) is 3.89. The number of nitrogens with one attached hydrogen (secondary N) is 1. The first-order chi connectivity index (χ1) is 9.10. The molecule has 1 N–H and O–H groups in total. The molecule has 0 amide bonds. The molecular formula is C16H29NO2. The van der Waals surface area contributed by atoms with E-state index in [9.17, 15) is 0 Å². The van der Waals surface area contributed by atoms with Gasteiger partial charge in [0.05, 0.1) is 12.2 Å². The SMILES string of the molecule is CC(C)(CCNC1CC1)C1CCOC2(CCOC2)C1. The van der Waals surface area contributed by atoms with E-state index >= 15 is 0 Å². The van der Waals surface area contributed by atoms with Crippen molar-refractivity contribution in [3.63, 3.8) is 0 Å². The van der Waals surface area contributed by atoms with Crippen molar-refractivity contribution < 1.29 is 9.47 Å². The summed E-state index contributed by atoms with van der Waals surface area (Å²) < 4.78 is 11.6. The average Bonchev–Trinajstić information content (AvgIpc) is 3.10. The van der Waals surface area contributed by atoms with Crippen molar-refractivity contribution in [1.29, 1.82) is 0 Å². The second-order valence-corrected chi connectivity index (χ2v) is 7.49. The topological polar surface area (TPSA) is 30.5 Å². The standard InChI is InChI=1S/C16H29NO2/c1-15(2,6-8-17-14-3-4-14)13-5-9-19-16(11-13)7-10-18-12-16/h13-14,17H,3-12H2,1-2H3. The molecule has 110 valence electrons. The summed E-state index contributed by atoms with van der Waals surface area (Å²) in [5.41, 5.74) is 0.478. The molecule has 0 radical (unpaired) electrons. The van der Waals surface area contributed by atoms with Gasteiger partial charge in [0, 0.05) is 25.7 Å². The van der Waals surface area contributed by atoms with Crippen LogP contribution in [0.4, 0.5) is 0 Å². The van der Waals surface area contributed by atoms with Crippen molar-refractivity contribution in [2.24, 2.45) is 11.3 Å². The lowest BCUT2D eigenvalue weighted by Crippen LogP contribution is -2.45. The van der Waals surface area contributed by atoms with E-state index in [1.807, 2.05) is 0 Å². The van der Waals surface area contributed by atoms with Crippen molar-refractivity contribution in [3.8, 4) is 0 Å². The Labute approximate surface area is 117 Å². The normalized spacial score (nSPS) is 36.0. The summed E-state index contributed by atoms with van der Waals surface area (Å²) in [6.07, 6.45) is 7.57. The third-order valence-electron chi connectivity index (χ3n) is 5.44. The number of hydrogen-bond acceptors (Lipinski definition) is 3. The highest BCUT2D eigenvalue weighted by atomic mass is 16.6. The van der Waals surface area contributed by atoms with Gasteiger partial charge in [-0.2, -0.15) is 0 Å². The van der Waals surface area contributed by atoms with Gasteiger partial charge in [0.2, 0.25) is 0 Å². The summed E-state index contributed by atoms with van der Waals surface area (Å²) in [6.45, 7) is 8.70. The third kappa shape index (κ3) is 3.32. The number of ether oxygens (including phenoxy) is 2. The van der Waals surface area contributed by atoms with Crippen LogP contribution in [0.25, 0.3) is 0 Å². The van der Waals surface area contributed by atoms with Gasteiger partial charge >= 0.3 is 0 Å². The fourth-order valence-corrected chi connectivity index (χ4v) is 3.65. The van der Waals surface area contributed by atoms with Gasteiger partial charge in [0.25, 0.3) is 0 Å². The van der Waals surface area contributed by atoms with Gasteiger partial charge in [0.15, 0.2) is 0 Å². The van der Waals surface area contributed by atoms with Crippen molar-refractivity contribution in [2.45, 2.75) is 64.0 Å². The third-order valence-corrected chi connectivity index (χ3v) is 5.44. The van der Waals surface area contributed by atoms with Gasteiger partial charge in [-0.05, 0) is 50.0 Å². The van der Waals surface area contributed by atoms with Gasteiger partial charge in [0.1, 0.15) is 0 Å². The van der Waals surface area contributed by atoms with E-state index < -0.39 is 0 Å². The first-order valence-corrected chi connectivity index (χ1v) is 8.05. The van der Waals surface area contributed by atoms with Crippen LogP contribution in [0.2, 0.25) is 0 Å². The van der Waals surface area contributed by atoms with Crippen LogP contribution < -0.4 is 5.32 Å². The maximum Gasteiger partial charge on any atom is 0.0939 e. The molecule has 2 aliphatic heterocycles. The highest BCUT2D eigenvalue weighted by Gasteiger charge is 2.44. The van der Waals surface area contributed by atoms with Crippen LogP contribution in [0.5, 0.6) is 0 Å². The Balaban J connectivity index is 1.53. The van der Waals surface area contributed by atoms with E-state index in [-0.39, 0.29) is 5.60 Å². The molecule has 2 atom stereocenters. The number of rotatable bonds is 5. The van der Waals surface area contributed by atoms with E-state index in [1.54, 1.807) is 0 Å². The maximum atomic E-state index is 6.06. The zero-order valence-corrected chi connectivity index (χ0v) is 12.5. The molecule has 3 aliphatic rings. The van der Waals surface area contributed by atoms with Gasteiger partial charge in [-0.15, -0.1) is 0 Å². The minimum atomic E-state index is 0.0596. The monoisotopic (exact) mass is 267 g/mol. The quantitative estimate of drug-likeness (QED) is 0.831. The Morgan fingerprint density at radius 3 is 2.74 bits per heavy atom. The zero-order chi connectivity index (χ0) is 13.3. The molecule has 0 aromatic rings. The second kappa shape index (κ2) is 5.34. The molecule has 1 spiro atoms. The summed E-state index contributed by atoms with van der Waals surface area (Å²) in [7, 11) is 0. The highest BCUT2D eigenvalue weighted by Crippen LogP contribution is 2.44. The first kappa shape index (κ1) is 13.8. The van der Waals surface area contributed by atoms with E-state index in [0.717, 1.165) is 38.2 Å². The molecule has 2 saturated heterocycles. The molecule has 0 aromatic heterocycles. The largest absolute Gasteiger partial charge is 0.378 e. The van der Waals surface area contributed by atoms with Crippen molar-refractivity contribution in [1.82, 2.24) is 5.32 Å². The van der Waals surface area contributed by atoms with Crippen LogP contribution in [0, 0.1) is 11.3 Å². The lowest BCUT2D eigenvalue weighted by atomic mass is 9.68. The molecule has 19 heavy (non-hydrogen) atoms. The smallest absolute Gasteiger partial charge is 0.0939 e. The van der Waals surface area contributed by atoms with Crippen LogP contribution >= 0.6 is 0 Å². The molecule has 3 nitrogen and oxygen atoms in total. The van der Waals surface area contributed by atoms with E-state index in [1.165, 1.54) is 38.6 Å². The molecule has 2 unspecified atom stereocenters. The van der Waals surface area contributed by atoms with E-state index in [0.29, 0.717) is 5.41 Å². The second-order valence-electron chi connectivity index (χ2n) is 7.49. The summed E-state index contributed by atoms with van der Waals surface area (Å²) >= 11 is 0. The predicted molar refractivity (Wildman–Crippen MR) is 76.3 cm³/mol. The Morgan fingerprint density at radius 2 is 2.05 bits per heavy atom. The lowest BCUT2D eigenvalue weighted by Gasteiger charge is -2.44. The van der Waals surface area contributed by atoms with Crippen LogP contribution in [0.15, 0.2) is 0 Å². The Hall–Kier alpha value is -0.120. The number of hydrogen-bond donors (Lipinski definition) is 1. The fourth-order valence-electron chi connectivity index (χ4n) is 3.65. The van der Waals surface area contributed by atoms with Gasteiger partial charge < -0.3 is 14.8 Å². The first-order valence-electron chi connectivity index (χ1n) is 8.05. The van der Waals surface area contributed by atoms with Gasteiger partial charge in [-0.3, -0.25) is 0 Å². The van der Waals surface area contributed by atoms with Crippen molar-refractivity contribution >= 4 is 0 Å². The van der Waals surface area contributed by atoms with Crippen molar-refractivity contribution in [2.75, 3.05) is 26.4 Å². The minimum absolute atomic E-state index is 0.0596. The molecular weight excluding hydrogens is 238 g/mol. The molecule has 3 rings (SSSR count). The molecule has 0 aromatic carbocycles. The molecule has 1 aliphatic carbocycles. The van der Waals surface area contributed by atoms with Crippen LogP contribution in [0.3, 0.4) is 0 Å². The summed E-state index contributed by atoms with van der Waals surface area (Å²) in [5.74, 6) is 0.781. The maximum absolute atomic E-state index is 6.06. The van der Waals surface area contributed by atoms with Crippen LogP contribution in [0.1, 0.15) is 52.4 Å². The minimum Gasteiger partial charge on any atom is -0.378 e. The predicted octanol–water partition coefficient (Wildman–Crippen LogP) is 2.74. The molecule has 3 heteroatoms. The molecule has 2 heterocycles. The molecule has 1 saturated carbocycles. The van der Waals surface area contributed by atoms with Gasteiger partial charge in [-0.25, -0.2) is 0 Å². The zero-order valence-electron chi connectivity index (χ0n) is 12.5. The van der Waals surface area contributed by atoms with E-state index in [4.69, 9.17) is 9.47 Å². The molecule has 3 fully saturated rings.